The SMILES string of the molecule is CSCCC(NC(=O)C1CCCN1)C(=O)NC(C(=O)NC(CCCCN)C(=O)O)C(C)C. The summed E-state index contributed by atoms with van der Waals surface area (Å²) in [6.07, 6.45) is 5.47. The van der Waals surface area contributed by atoms with Crippen molar-refractivity contribution in [1.29, 1.82) is 0 Å². The van der Waals surface area contributed by atoms with Crippen molar-refractivity contribution in [3.05, 3.63) is 0 Å². The van der Waals surface area contributed by atoms with E-state index >= 15 is 0 Å². The van der Waals surface area contributed by atoms with Crippen molar-refractivity contribution in [1.82, 2.24) is 21.3 Å². The molecule has 184 valence electrons. The molecule has 0 bridgehead atoms. The topological polar surface area (TPSA) is 163 Å². The van der Waals surface area contributed by atoms with Crippen LogP contribution in [0.1, 0.15) is 52.4 Å². The highest BCUT2D eigenvalue weighted by molar-refractivity contribution is 7.98. The van der Waals surface area contributed by atoms with Crippen molar-refractivity contribution in [2.75, 3.05) is 25.1 Å². The normalized spacial score (nSPS) is 18.6. The molecule has 1 saturated heterocycles. The van der Waals surface area contributed by atoms with Crippen LogP contribution in [0.4, 0.5) is 0 Å². The van der Waals surface area contributed by atoms with Gasteiger partial charge in [-0.2, -0.15) is 11.8 Å². The summed E-state index contributed by atoms with van der Waals surface area (Å²) in [5.41, 5.74) is 5.45. The summed E-state index contributed by atoms with van der Waals surface area (Å²) in [7, 11) is 0. The molecular weight excluding hydrogens is 434 g/mol. The molecule has 0 aromatic rings. The first-order valence-corrected chi connectivity index (χ1v) is 12.7. The van der Waals surface area contributed by atoms with Gasteiger partial charge in [0.25, 0.3) is 0 Å². The van der Waals surface area contributed by atoms with Gasteiger partial charge in [-0.3, -0.25) is 14.4 Å². The van der Waals surface area contributed by atoms with Gasteiger partial charge in [0.1, 0.15) is 18.1 Å². The maximum Gasteiger partial charge on any atom is 0.326 e. The van der Waals surface area contributed by atoms with Gasteiger partial charge in [0.2, 0.25) is 17.7 Å². The minimum atomic E-state index is -1.13. The number of carboxylic acid groups (broad SMARTS) is 1. The number of carbonyl (C=O) groups excluding carboxylic acids is 3. The molecule has 1 heterocycles. The molecule has 0 aliphatic carbocycles. The Hall–Kier alpha value is -1.85. The van der Waals surface area contributed by atoms with Crippen LogP contribution in [0.2, 0.25) is 0 Å². The molecule has 32 heavy (non-hydrogen) atoms. The Labute approximate surface area is 194 Å². The third kappa shape index (κ3) is 9.74. The first kappa shape index (κ1) is 28.2. The fourth-order valence-electron chi connectivity index (χ4n) is 3.49. The first-order chi connectivity index (χ1) is 15.2. The zero-order valence-corrected chi connectivity index (χ0v) is 20.1. The number of nitrogens with two attached hydrogens (primary N) is 1. The van der Waals surface area contributed by atoms with E-state index in [1.165, 1.54) is 0 Å². The number of carbonyl (C=O) groups is 4. The fourth-order valence-corrected chi connectivity index (χ4v) is 3.96. The lowest BCUT2D eigenvalue weighted by atomic mass is 10.0. The summed E-state index contributed by atoms with van der Waals surface area (Å²) in [5, 5.41) is 20.6. The van der Waals surface area contributed by atoms with Crippen LogP contribution in [0.15, 0.2) is 0 Å². The second-order valence-corrected chi connectivity index (χ2v) is 9.39. The summed E-state index contributed by atoms with van der Waals surface area (Å²) < 4.78 is 0. The second-order valence-electron chi connectivity index (χ2n) is 8.41. The third-order valence-electron chi connectivity index (χ3n) is 5.43. The second kappa shape index (κ2) is 15.1. The molecule has 4 unspecified atom stereocenters. The molecule has 0 radical (unpaired) electrons. The van der Waals surface area contributed by atoms with E-state index in [1.807, 2.05) is 6.26 Å². The molecule has 7 N–H and O–H groups in total. The van der Waals surface area contributed by atoms with Gasteiger partial charge in [-0.05, 0) is 69.5 Å². The van der Waals surface area contributed by atoms with Crippen LogP contribution in [-0.2, 0) is 19.2 Å². The lowest BCUT2D eigenvalue weighted by Gasteiger charge is -2.27. The van der Waals surface area contributed by atoms with Crippen molar-refractivity contribution in [3.8, 4) is 0 Å². The summed E-state index contributed by atoms with van der Waals surface area (Å²) in [5.74, 6) is -1.96. The average Bonchev–Trinajstić information content (AvgIpc) is 3.28. The zero-order chi connectivity index (χ0) is 24.1. The van der Waals surface area contributed by atoms with E-state index in [0.29, 0.717) is 31.6 Å². The Morgan fingerprint density at radius 2 is 1.78 bits per heavy atom. The molecule has 11 heteroatoms. The van der Waals surface area contributed by atoms with E-state index in [-0.39, 0.29) is 24.3 Å². The molecule has 1 fully saturated rings. The van der Waals surface area contributed by atoms with Crippen LogP contribution in [0.3, 0.4) is 0 Å². The number of rotatable bonds is 15. The number of carboxylic acids is 1. The van der Waals surface area contributed by atoms with Crippen molar-refractivity contribution in [2.24, 2.45) is 11.7 Å². The molecule has 0 aromatic heterocycles. The van der Waals surface area contributed by atoms with Crippen molar-refractivity contribution >= 4 is 35.5 Å². The van der Waals surface area contributed by atoms with E-state index in [4.69, 9.17) is 5.73 Å². The van der Waals surface area contributed by atoms with Gasteiger partial charge in [-0.25, -0.2) is 4.79 Å². The van der Waals surface area contributed by atoms with Gasteiger partial charge in [-0.1, -0.05) is 13.8 Å². The Morgan fingerprint density at radius 3 is 2.31 bits per heavy atom. The highest BCUT2D eigenvalue weighted by atomic mass is 32.2. The highest BCUT2D eigenvalue weighted by Gasteiger charge is 2.32. The van der Waals surface area contributed by atoms with Crippen LogP contribution in [0.25, 0.3) is 0 Å². The maximum absolute atomic E-state index is 13.0. The predicted octanol–water partition coefficient (Wildman–Crippen LogP) is -0.184. The van der Waals surface area contributed by atoms with Gasteiger partial charge >= 0.3 is 5.97 Å². The van der Waals surface area contributed by atoms with Crippen LogP contribution >= 0.6 is 11.8 Å². The van der Waals surface area contributed by atoms with Crippen LogP contribution < -0.4 is 27.0 Å². The molecule has 1 rings (SSSR count). The number of thioether (sulfide) groups is 1. The minimum absolute atomic E-state index is 0.222. The van der Waals surface area contributed by atoms with E-state index < -0.39 is 35.9 Å². The van der Waals surface area contributed by atoms with Crippen LogP contribution in [0, 0.1) is 5.92 Å². The van der Waals surface area contributed by atoms with Crippen LogP contribution in [-0.4, -0.2) is 78.1 Å². The Balaban J connectivity index is 2.81. The molecule has 1 aliphatic heterocycles. The van der Waals surface area contributed by atoms with Crippen LogP contribution in [0.5, 0.6) is 0 Å². The molecular formula is C21H39N5O5S. The van der Waals surface area contributed by atoms with E-state index in [2.05, 4.69) is 21.3 Å². The van der Waals surface area contributed by atoms with E-state index in [1.54, 1.807) is 25.6 Å². The fraction of sp³-hybridized carbons (Fsp3) is 0.810. The van der Waals surface area contributed by atoms with Crippen molar-refractivity contribution < 1.29 is 24.3 Å². The smallest absolute Gasteiger partial charge is 0.326 e. The lowest BCUT2D eigenvalue weighted by Crippen LogP contribution is -2.58. The molecule has 4 atom stereocenters. The van der Waals surface area contributed by atoms with Crippen molar-refractivity contribution in [3.63, 3.8) is 0 Å². The quantitative estimate of drug-likeness (QED) is 0.178. The number of amides is 3. The molecule has 0 spiro atoms. The van der Waals surface area contributed by atoms with E-state index in [0.717, 1.165) is 19.4 Å². The summed E-state index contributed by atoms with van der Waals surface area (Å²) in [6, 6.07) is -3.05. The zero-order valence-electron chi connectivity index (χ0n) is 19.3. The third-order valence-corrected chi connectivity index (χ3v) is 6.07. The molecule has 0 aromatic carbocycles. The summed E-state index contributed by atoms with van der Waals surface area (Å²) >= 11 is 1.56. The number of hydrogen-bond donors (Lipinski definition) is 6. The Bertz CT molecular complexity index is 628. The Kier molecular flexibility index (Phi) is 13.3. The average molecular weight is 474 g/mol. The minimum Gasteiger partial charge on any atom is -0.480 e. The van der Waals surface area contributed by atoms with Gasteiger partial charge in [-0.15, -0.1) is 0 Å². The lowest BCUT2D eigenvalue weighted by molar-refractivity contribution is -0.142. The van der Waals surface area contributed by atoms with Crippen molar-refractivity contribution in [2.45, 2.75) is 76.5 Å². The standard InChI is InChI=1S/C21H39N5O5S/c1-13(2)17(20(29)25-16(21(30)31)7-4-5-10-22)26-19(28)15(9-12-32-3)24-18(27)14-8-6-11-23-14/h13-17,23H,4-12,22H2,1-3H3,(H,24,27)(H,25,29)(H,26,28)(H,30,31). The molecule has 0 saturated carbocycles. The molecule has 3 amide bonds. The largest absolute Gasteiger partial charge is 0.480 e. The highest BCUT2D eigenvalue weighted by Crippen LogP contribution is 2.10. The number of nitrogens with one attached hydrogen (secondary N) is 4. The van der Waals surface area contributed by atoms with Gasteiger partial charge in [0.05, 0.1) is 6.04 Å². The summed E-state index contributed by atoms with van der Waals surface area (Å²) in [4.78, 5) is 49.8. The van der Waals surface area contributed by atoms with E-state index in [9.17, 15) is 24.3 Å². The van der Waals surface area contributed by atoms with Gasteiger partial charge in [0, 0.05) is 0 Å². The van der Waals surface area contributed by atoms with Gasteiger partial charge < -0.3 is 32.1 Å². The Morgan fingerprint density at radius 1 is 1.06 bits per heavy atom. The maximum atomic E-state index is 13.0. The molecule has 10 nitrogen and oxygen atoms in total. The van der Waals surface area contributed by atoms with Gasteiger partial charge in [0.15, 0.2) is 0 Å². The summed E-state index contributed by atoms with van der Waals surface area (Å²) in [6.45, 7) is 4.76. The number of aliphatic carboxylic acids is 1. The monoisotopic (exact) mass is 473 g/mol. The first-order valence-electron chi connectivity index (χ1n) is 11.3. The molecule has 1 aliphatic rings. The number of unbranched alkanes of at least 4 members (excludes halogenated alkanes) is 1. The predicted molar refractivity (Wildman–Crippen MR) is 125 cm³/mol. The number of hydrogen-bond acceptors (Lipinski definition) is 7.